The van der Waals surface area contributed by atoms with E-state index in [0.29, 0.717) is 25.9 Å². The lowest BCUT2D eigenvalue weighted by Gasteiger charge is -2.29. The fourth-order valence-corrected chi connectivity index (χ4v) is 5.16. The van der Waals surface area contributed by atoms with E-state index in [-0.39, 0.29) is 17.9 Å². The highest BCUT2D eigenvalue weighted by atomic mass is 16.5. The summed E-state index contributed by atoms with van der Waals surface area (Å²) in [5, 5.41) is 3.19. The first-order valence-electron chi connectivity index (χ1n) is 11.6. The summed E-state index contributed by atoms with van der Waals surface area (Å²) in [6, 6.07) is 18.2. The van der Waals surface area contributed by atoms with E-state index in [2.05, 4.69) is 29.3 Å². The smallest absolute Gasteiger partial charge is 0.232 e. The molecule has 1 N–H and O–H groups in total. The molecule has 2 fully saturated rings. The number of para-hydroxylation sites is 1. The molecule has 2 saturated heterocycles. The van der Waals surface area contributed by atoms with Crippen molar-refractivity contribution >= 4 is 17.5 Å². The van der Waals surface area contributed by atoms with Gasteiger partial charge in [-0.1, -0.05) is 30.3 Å². The van der Waals surface area contributed by atoms with Crippen molar-refractivity contribution in [2.24, 2.45) is 0 Å². The van der Waals surface area contributed by atoms with Crippen molar-refractivity contribution in [3.05, 3.63) is 60.2 Å². The van der Waals surface area contributed by atoms with E-state index in [4.69, 9.17) is 4.74 Å². The van der Waals surface area contributed by atoms with E-state index in [1.54, 1.807) is 7.11 Å². The number of methoxy groups -OCH3 is 1. The maximum atomic E-state index is 13.6. The molecule has 0 unspecified atom stereocenters. The molecule has 32 heavy (non-hydrogen) atoms. The summed E-state index contributed by atoms with van der Waals surface area (Å²) in [7, 11) is 1.63. The number of anilines is 1. The van der Waals surface area contributed by atoms with Gasteiger partial charge in [0.15, 0.2) is 0 Å². The number of benzene rings is 2. The summed E-state index contributed by atoms with van der Waals surface area (Å²) < 4.78 is 5.42. The van der Waals surface area contributed by atoms with Gasteiger partial charge < -0.3 is 19.9 Å². The van der Waals surface area contributed by atoms with Gasteiger partial charge in [0.2, 0.25) is 11.8 Å². The molecule has 2 aliphatic heterocycles. The van der Waals surface area contributed by atoms with Crippen LogP contribution in [-0.4, -0.2) is 56.0 Å². The zero-order chi connectivity index (χ0) is 22.6. The average Bonchev–Trinajstić information content (AvgIpc) is 3.39. The zero-order valence-corrected chi connectivity index (χ0v) is 19.0. The monoisotopic (exact) mass is 435 g/mol. The van der Waals surface area contributed by atoms with Crippen LogP contribution < -0.4 is 15.0 Å². The maximum absolute atomic E-state index is 13.6. The molecule has 6 heteroatoms. The van der Waals surface area contributed by atoms with Gasteiger partial charge in [-0.05, 0) is 56.0 Å². The molecule has 6 nitrogen and oxygen atoms in total. The minimum Gasteiger partial charge on any atom is -0.497 e. The molecular weight excluding hydrogens is 402 g/mol. The molecule has 0 radical (unpaired) electrons. The number of amides is 2. The van der Waals surface area contributed by atoms with Gasteiger partial charge in [0.25, 0.3) is 0 Å². The summed E-state index contributed by atoms with van der Waals surface area (Å²) in [6.45, 7) is 4.99. The predicted molar refractivity (Wildman–Crippen MR) is 126 cm³/mol. The molecule has 2 amide bonds. The molecule has 2 atom stereocenters. The molecule has 0 aliphatic carbocycles. The molecule has 0 aromatic heterocycles. The molecule has 0 spiro atoms. The van der Waals surface area contributed by atoms with Crippen LogP contribution in [0.1, 0.15) is 38.2 Å². The summed E-state index contributed by atoms with van der Waals surface area (Å²) in [5.41, 5.74) is 1.40. The molecule has 0 saturated carbocycles. The van der Waals surface area contributed by atoms with Crippen LogP contribution in [-0.2, 0) is 15.0 Å². The van der Waals surface area contributed by atoms with Crippen molar-refractivity contribution in [2.75, 3.05) is 38.2 Å². The largest absolute Gasteiger partial charge is 0.497 e. The normalized spacial score (nSPS) is 22.0. The Labute approximate surface area is 190 Å². The van der Waals surface area contributed by atoms with Gasteiger partial charge >= 0.3 is 0 Å². The highest BCUT2D eigenvalue weighted by molar-refractivity contribution is 5.91. The van der Waals surface area contributed by atoms with Gasteiger partial charge in [0.1, 0.15) is 5.75 Å². The Kier molecular flexibility index (Phi) is 6.68. The van der Waals surface area contributed by atoms with Crippen molar-refractivity contribution in [1.82, 2.24) is 10.2 Å². The number of ether oxygens (including phenoxy) is 1. The van der Waals surface area contributed by atoms with Gasteiger partial charge in [-0.3, -0.25) is 9.59 Å². The van der Waals surface area contributed by atoms with Crippen molar-refractivity contribution in [1.29, 1.82) is 0 Å². The first kappa shape index (κ1) is 22.2. The summed E-state index contributed by atoms with van der Waals surface area (Å²) in [6.07, 6.45) is 2.95. The second-order valence-corrected chi connectivity index (χ2v) is 8.76. The summed E-state index contributed by atoms with van der Waals surface area (Å²) in [4.78, 5) is 30.2. The Morgan fingerprint density at radius 3 is 2.75 bits per heavy atom. The first-order chi connectivity index (χ1) is 15.6. The third kappa shape index (κ3) is 4.31. The molecule has 2 heterocycles. The fourth-order valence-electron chi connectivity index (χ4n) is 5.16. The molecule has 170 valence electrons. The van der Waals surface area contributed by atoms with Gasteiger partial charge in [-0.25, -0.2) is 0 Å². The van der Waals surface area contributed by atoms with Crippen LogP contribution in [0.15, 0.2) is 54.6 Å². The Bertz CT molecular complexity index is 948. The second kappa shape index (κ2) is 9.63. The van der Waals surface area contributed by atoms with E-state index in [0.717, 1.165) is 37.2 Å². The molecule has 2 aliphatic rings. The minimum atomic E-state index is -0.723. The van der Waals surface area contributed by atoms with E-state index < -0.39 is 5.41 Å². The average molecular weight is 436 g/mol. The van der Waals surface area contributed by atoms with Crippen LogP contribution in [0.5, 0.6) is 5.75 Å². The predicted octanol–water partition coefficient (Wildman–Crippen LogP) is 3.36. The Morgan fingerprint density at radius 1 is 1.22 bits per heavy atom. The molecular formula is C26H33N3O3. The number of nitrogens with zero attached hydrogens (tertiary/aromatic N) is 2. The summed E-state index contributed by atoms with van der Waals surface area (Å²) in [5.74, 6) is 0.902. The number of carbonyl (C=O) groups is 2. The lowest BCUT2D eigenvalue weighted by atomic mass is 9.76. The van der Waals surface area contributed by atoms with Crippen molar-refractivity contribution in [2.45, 2.75) is 44.1 Å². The van der Waals surface area contributed by atoms with E-state index in [1.807, 2.05) is 47.4 Å². The lowest BCUT2D eigenvalue weighted by molar-refractivity contribution is -0.129. The SMILES string of the molecule is CCN(CCCNC(=O)[C@@]1(c2cccc(OC)c2)C[C@@H]2CCC(=O)N2C1)c1ccccc1. The number of fused-ring (bicyclic) bond motifs is 1. The van der Waals surface area contributed by atoms with E-state index in [9.17, 15) is 9.59 Å². The zero-order valence-electron chi connectivity index (χ0n) is 19.0. The Morgan fingerprint density at radius 2 is 2.03 bits per heavy atom. The van der Waals surface area contributed by atoms with Crippen LogP contribution in [0.4, 0.5) is 5.69 Å². The maximum Gasteiger partial charge on any atom is 0.232 e. The number of carbonyl (C=O) groups excluding carboxylic acids is 2. The van der Waals surface area contributed by atoms with Crippen molar-refractivity contribution < 1.29 is 14.3 Å². The van der Waals surface area contributed by atoms with Crippen LogP contribution in [0.3, 0.4) is 0 Å². The quantitative estimate of drug-likeness (QED) is 0.614. The Hall–Kier alpha value is -3.02. The van der Waals surface area contributed by atoms with Crippen LogP contribution in [0, 0.1) is 0 Å². The number of hydrogen-bond acceptors (Lipinski definition) is 4. The second-order valence-electron chi connectivity index (χ2n) is 8.76. The standard InChI is InChI=1S/C26H33N3O3/c1-3-28(21-10-5-4-6-11-21)16-8-15-27-25(31)26(20-9-7-12-23(17-20)32-2)18-22-13-14-24(30)29(22)19-26/h4-7,9-12,17,22H,3,8,13-16,18-19H2,1-2H3,(H,27,31)/t22-,26-/m0/s1. The first-order valence-corrected chi connectivity index (χ1v) is 11.6. The van der Waals surface area contributed by atoms with Crippen LogP contribution in [0.25, 0.3) is 0 Å². The Balaban J connectivity index is 1.45. The van der Waals surface area contributed by atoms with Crippen LogP contribution in [0.2, 0.25) is 0 Å². The van der Waals surface area contributed by atoms with E-state index >= 15 is 0 Å². The van der Waals surface area contributed by atoms with Gasteiger partial charge in [0, 0.05) is 44.3 Å². The minimum absolute atomic E-state index is 0.00992. The van der Waals surface area contributed by atoms with Crippen LogP contribution >= 0.6 is 0 Å². The third-order valence-electron chi connectivity index (χ3n) is 6.93. The van der Waals surface area contributed by atoms with Crippen molar-refractivity contribution in [3.63, 3.8) is 0 Å². The topological polar surface area (TPSA) is 61.9 Å². The third-order valence-corrected chi connectivity index (χ3v) is 6.93. The van der Waals surface area contributed by atoms with Gasteiger partial charge in [-0.15, -0.1) is 0 Å². The molecule has 2 aromatic carbocycles. The number of hydrogen-bond donors (Lipinski definition) is 1. The van der Waals surface area contributed by atoms with Gasteiger partial charge in [-0.2, -0.15) is 0 Å². The number of nitrogens with one attached hydrogen (secondary N) is 1. The molecule has 4 rings (SSSR count). The van der Waals surface area contributed by atoms with E-state index in [1.165, 1.54) is 5.69 Å². The highest BCUT2D eigenvalue weighted by Gasteiger charge is 2.53. The summed E-state index contributed by atoms with van der Waals surface area (Å²) >= 11 is 0. The lowest BCUT2D eigenvalue weighted by Crippen LogP contribution is -2.47. The fraction of sp³-hybridized carbons (Fsp3) is 0.462. The van der Waals surface area contributed by atoms with Gasteiger partial charge in [0.05, 0.1) is 12.5 Å². The highest BCUT2D eigenvalue weighted by Crippen LogP contribution is 2.43. The molecule has 2 aromatic rings. The molecule has 0 bridgehead atoms. The van der Waals surface area contributed by atoms with Crippen molar-refractivity contribution in [3.8, 4) is 5.75 Å². The number of rotatable bonds is 9.